The van der Waals surface area contributed by atoms with Gasteiger partial charge >= 0.3 is 0 Å². The van der Waals surface area contributed by atoms with Crippen LogP contribution >= 0.6 is 0 Å². The van der Waals surface area contributed by atoms with E-state index in [2.05, 4.69) is 10.6 Å². The van der Waals surface area contributed by atoms with Gasteiger partial charge in [0, 0.05) is 30.4 Å². The summed E-state index contributed by atoms with van der Waals surface area (Å²) in [5.41, 5.74) is 1.42. The first kappa shape index (κ1) is 22.8. The van der Waals surface area contributed by atoms with Crippen molar-refractivity contribution in [2.45, 2.75) is 0 Å². The summed E-state index contributed by atoms with van der Waals surface area (Å²) in [5.74, 6) is 1.25. The number of methoxy groups -OCH3 is 1. The number of carbonyl (C=O) groups is 2. The van der Waals surface area contributed by atoms with Gasteiger partial charge in [0.25, 0.3) is 11.8 Å². The SMILES string of the molecule is COc1cc(NC(=O)c2ccc(Oc3ccccc3)cc2)ccc1C(=O)NCCN(C)C. The lowest BCUT2D eigenvalue weighted by Crippen LogP contribution is -2.31. The minimum atomic E-state index is -0.276. The molecule has 0 aliphatic carbocycles. The van der Waals surface area contributed by atoms with Crippen LogP contribution in [-0.2, 0) is 0 Å². The second kappa shape index (κ2) is 11.0. The second-order valence-corrected chi connectivity index (χ2v) is 7.37. The Morgan fingerprint density at radius 3 is 2.22 bits per heavy atom. The average Bonchev–Trinajstić information content (AvgIpc) is 2.79. The summed E-state index contributed by atoms with van der Waals surface area (Å²) in [7, 11) is 5.37. The maximum atomic E-state index is 12.6. The van der Waals surface area contributed by atoms with Crippen molar-refractivity contribution in [3.63, 3.8) is 0 Å². The predicted molar refractivity (Wildman–Crippen MR) is 125 cm³/mol. The van der Waals surface area contributed by atoms with Crippen LogP contribution in [0, 0.1) is 0 Å². The van der Waals surface area contributed by atoms with Gasteiger partial charge in [-0.25, -0.2) is 0 Å². The molecule has 0 unspecified atom stereocenters. The molecule has 7 heteroatoms. The normalized spacial score (nSPS) is 10.5. The third-order valence-electron chi connectivity index (χ3n) is 4.64. The van der Waals surface area contributed by atoms with Crippen LogP contribution < -0.4 is 20.1 Å². The lowest BCUT2D eigenvalue weighted by Gasteiger charge is -2.13. The van der Waals surface area contributed by atoms with Crippen LogP contribution in [0.2, 0.25) is 0 Å². The summed E-state index contributed by atoms with van der Waals surface area (Å²) >= 11 is 0. The molecular weight excluding hydrogens is 406 g/mol. The summed E-state index contributed by atoms with van der Waals surface area (Å²) in [5, 5.41) is 5.68. The number of anilines is 1. The highest BCUT2D eigenvalue weighted by Crippen LogP contribution is 2.25. The molecular formula is C25H27N3O4. The molecule has 0 saturated carbocycles. The molecule has 0 aliphatic heterocycles. The number of rotatable bonds is 9. The number of amides is 2. The van der Waals surface area contributed by atoms with Crippen LogP contribution in [0.25, 0.3) is 0 Å². The molecule has 0 atom stereocenters. The van der Waals surface area contributed by atoms with Gasteiger partial charge in [0.2, 0.25) is 0 Å². The van der Waals surface area contributed by atoms with Crippen molar-refractivity contribution >= 4 is 17.5 Å². The van der Waals surface area contributed by atoms with Gasteiger partial charge in [-0.1, -0.05) is 18.2 Å². The maximum absolute atomic E-state index is 12.6. The number of ether oxygens (including phenoxy) is 2. The highest BCUT2D eigenvalue weighted by molar-refractivity contribution is 6.05. The first-order valence-corrected chi connectivity index (χ1v) is 10.2. The fourth-order valence-electron chi connectivity index (χ4n) is 2.95. The van der Waals surface area contributed by atoms with Gasteiger partial charge < -0.3 is 25.0 Å². The Morgan fingerprint density at radius 2 is 1.56 bits per heavy atom. The van der Waals surface area contributed by atoms with Crippen molar-refractivity contribution in [3.05, 3.63) is 83.9 Å². The first-order valence-electron chi connectivity index (χ1n) is 10.2. The Labute approximate surface area is 188 Å². The smallest absolute Gasteiger partial charge is 0.255 e. The number of hydrogen-bond acceptors (Lipinski definition) is 5. The van der Waals surface area contributed by atoms with Gasteiger partial charge in [-0.05, 0) is 62.6 Å². The predicted octanol–water partition coefficient (Wildman–Crippen LogP) is 4.03. The topological polar surface area (TPSA) is 79.9 Å². The molecule has 3 rings (SSSR count). The number of carbonyl (C=O) groups excluding carboxylic acids is 2. The average molecular weight is 434 g/mol. The third-order valence-corrected chi connectivity index (χ3v) is 4.64. The summed E-state index contributed by atoms with van der Waals surface area (Å²) in [6, 6.07) is 21.2. The largest absolute Gasteiger partial charge is 0.496 e. The van der Waals surface area contributed by atoms with Gasteiger partial charge in [0.1, 0.15) is 17.2 Å². The quantitative estimate of drug-likeness (QED) is 0.533. The standard InChI is InChI=1S/C25H27N3O4/c1-28(2)16-15-26-25(30)22-14-11-19(17-23(22)31-3)27-24(29)18-9-12-21(13-10-18)32-20-7-5-4-6-8-20/h4-14,17H,15-16H2,1-3H3,(H,26,30)(H,27,29). The van der Waals surface area contributed by atoms with E-state index in [4.69, 9.17) is 9.47 Å². The van der Waals surface area contributed by atoms with Gasteiger partial charge in [0.05, 0.1) is 12.7 Å². The number of benzene rings is 3. The van der Waals surface area contributed by atoms with Crippen LogP contribution in [0.1, 0.15) is 20.7 Å². The molecule has 7 nitrogen and oxygen atoms in total. The molecule has 2 N–H and O–H groups in total. The zero-order valence-corrected chi connectivity index (χ0v) is 18.4. The maximum Gasteiger partial charge on any atom is 0.255 e. The molecule has 0 saturated heterocycles. The Bertz CT molecular complexity index is 1050. The van der Waals surface area contributed by atoms with Crippen molar-refractivity contribution in [2.75, 3.05) is 39.6 Å². The van der Waals surface area contributed by atoms with Gasteiger partial charge in [-0.15, -0.1) is 0 Å². The van der Waals surface area contributed by atoms with Crippen molar-refractivity contribution in [2.24, 2.45) is 0 Å². The van der Waals surface area contributed by atoms with Crippen molar-refractivity contribution in [1.82, 2.24) is 10.2 Å². The number of nitrogens with one attached hydrogen (secondary N) is 2. The summed E-state index contributed by atoms with van der Waals surface area (Å²) in [6.07, 6.45) is 0. The van der Waals surface area contributed by atoms with E-state index in [9.17, 15) is 9.59 Å². The number of likely N-dealkylation sites (N-methyl/N-ethyl adjacent to an activating group) is 1. The molecule has 0 aromatic heterocycles. The molecule has 0 spiro atoms. The Balaban J connectivity index is 1.63. The Morgan fingerprint density at radius 1 is 0.875 bits per heavy atom. The van der Waals surface area contributed by atoms with Crippen molar-refractivity contribution in [1.29, 1.82) is 0 Å². The second-order valence-electron chi connectivity index (χ2n) is 7.37. The van der Waals surface area contributed by atoms with E-state index >= 15 is 0 Å². The molecule has 3 aromatic carbocycles. The Kier molecular flexibility index (Phi) is 7.83. The van der Waals surface area contributed by atoms with Gasteiger partial charge in [-0.3, -0.25) is 9.59 Å². The molecule has 166 valence electrons. The number of hydrogen-bond donors (Lipinski definition) is 2. The minimum absolute atomic E-state index is 0.226. The van der Waals surface area contributed by atoms with E-state index in [1.54, 1.807) is 42.5 Å². The minimum Gasteiger partial charge on any atom is -0.496 e. The summed E-state index contributed by atoms with van der Waals surface area (Å²) in [4.78, 5) is 27.0. The molecule has 2 amide bonds. The molecule has 0 fully saturated rings. The van der Waals surface area contributed by atoms with Crippen LogP contribution in [0.5, 0.6) is 17.2 Å². The van der Waals surface area contributed by atoms with Crippen molar-refractivity contribution < 1.29 is 19.1 Å². The molecule has 32 heavy (non-hydrogen) atoms. The zero-order valence-electron chi connectivity index (χ0n) is 18.4. The van der Waals surface area contributed by atoms with Crippen LogP contribution in [-0.4, -0.2) is 51.0 Å². The molecule has 0 radical (unpaired) electrons. The zero-order chi connectivity index (χ0) is 22.9. The lowest BCUT2D eigenvalue weighted by molar-refractivity contribution is 0.0947. The van der Waals surface area contributed by atoms with E-state index in [-0.39, 0.29) is 11.8 Å². The molecule has 3 aromatic rings. The van der Waals surface area contributed by atoms with Gasteiger partial charge in [0.15, 0.2) is 0 Å². The fraction of sp³-hybridized carbons (Fsp3) is 0.200. The van der Waals surface area contributed by atoms with E-state index in [0.29, 0.717) is 34.9 Å². The highest BCUT2D eigenvalue weighted by Gasteiger charge is 2.14. The van der Waals surface area contributed by atoms with E-state index in [0.717, 1.165) is 12.3 Å². The molecule has 0 aliphatic rings. The van der Waals surface area contributed by atoms with Crippen LogP contribution in [0.15, 0.2) is 72.8 Å². The number of nitrogens with zero attached hydrogens (tertiary/aromatic N) is 1. The van der Waals surface area contributed by atoms with Gasteiger partial charge in [-0.2, -0.15) is 0 Å². The highest BCUT2D eigenvalue weighted by atomic mass is 16.5. The summed E-state index contributed by atoms with van der Waals surface area (Å²) < 4.78 is 11.1. The molecule has 0 heterocycles. The fourth-order valence-corrected chi connectivity index (χ4v) is 2.95. The third kappa shape index (κ3) is 6.33. The van der Waals surface area contributed by atoms with Crippen molar-refractivity contribution in [3.8, 4) is 17.2 Å². The molecule has 0 bridgehead atoms. The van der Waals surface area contributed by atoms with E-state index < -0.39 is 0 Å². The first-order chi connectivity index (χ1) is 15.5. The number of para-hydroxylation sites is 1. The van der Waals surface area contributed by atoms with E-state index in [1.807, 2.05) is 49.3 Å². The van der Waals surface area contributed by atoms with Crippen LogP contribution in [0.4, 0.5) is 5.69 Å². The van der Waals surface area contributed by atoms with E-state index in [1.165, 1.54) is 7.11 Å². The lowest BCUT2D eigenvalue weighted by atomic mass is 10.1. The van der Waals surface area contributed by atoms with Crippen LogP contribution in [0.3, 0.4) is 0 Å². The monoisotopic (exact) mass is 433 g/mol. The summed E-state index contributed by atoms with van der Waals surface area (Å²) in [6.45, 7) is 1.26. The Hall–Kier alpha value is -3.84.